The second kappa shape index (κ2) is 9.61. The smallest absolute Gasteiger partial charge is 0.325 e. The predicted octanol–water partition coefficient (Wildman–Crippen LogP) is 3.30. The van der Waals surface area contributed by atoms with Crippen LogP contribution in [0.1, 0.15) is 23.0 Å². The number of para-hydroxylation sites is 1. The maximum atomic E-state index is 12.1. The van der Waals surface area contributed by atoms with Gasteiger partial charge in [-0.2, -0.15) is 0 Å². The molecule has 0 fully saturated rings. The van der Waals surface area contributed by atoms with E-state index in [1.54, 1.807) is 35.7 Å². The Morgan fingerprint density at radius 2 is 1.69 bits per heavy atom. The van der Waals surface area contributed by atoms with Crippen LogP contribution in [0.4, 0.5) is 10.8 Å². The molecule has 8 heteroatoms. The number of thiazole rings is 1. The molecule has 0 saturated heterocycles. The molecule has 3 aromatic rings. The SMILES string of the molecule is CC(=O)N(c1ccccc1)c1nc(COC(=O)CNC(=O)c2ccccc2)cs1. The van der Waals surface area contributed by atoms with Crippen molar-refractivity contribution >= 4 is 39.9 Å². The zero-order chi connectivity index (χ0) is 20.6. The van der Waals surface area contributed by atoms with Gasteiger partial charge in [-0.25, -0.2) is 4.98 Å². The van der Waals surface area contributed by atoms with E-state index in [2.05, 4.69) is 10.3 Å². The lowest BCUT2D eigenvalue weighted by atomic mass is 10.2. The van der Waals surface area contributed by atoms with Gasteiger partial charge in [0.1, 0.15) is 13.2 Å². The Hall–Kier alpha value is -3.52. The number of hydrogen-bond acceptors (Lipinski definition) is 6. The quantitative estimate of drug-likeness (QED) is 0.605. The van der Waals surface area contributed by atoms with Crippen molar-refractivity contribution < 1.29 is 19.1 Å². The summed E-state index contributed by atoms with van der Waals surface area (Å²) < 4.78 is 5.16. The number of anilines is 2. The van der Waals surface area contributed by atoms with Crippen molar-refractivity contribution in [1.29, 1.82) is 0 Å². The van der Waals surface area contributed by atoms with E-state index in [9.17, 15) is 14.4 Å². The number of esters is 1. The van der Waals surface area contributed by atoms with Crippen molar-refractivity contribution in [2.45, 2.75) is 13.5 Å². The lowest BCUT2D eigenvalue weighted by molar-refractivity contribution is -0.143. The van der Waals surface area contributed by atoms with Crippen molar-refractivity contribution in [1.82, 2.24) is 10.3 Å². The minimum absolute atomic E-state index is 0.0446. The minimum atomic E-state index is -0.574. The summed E-state index contributed by atoms with van der Waals surface area (Å²) >= 11 is 1.28. The highest BCUT2D eigenvalue weighted by molar-refractivity contribution is 7.14. The van der Waals surface area contributed by atoms with Crippen molar-refractivity contribution in [3.05, 3.63) is 77.3 Å². The third-order valence-corrected chi connectivity index (χ3v) is 4.75. The molecule has 1 aromatic heterocycles. The summed E-state index contributed by atoms with van der Waals surface area (Å²) in [5, 5.41) is 4.73. The fourth-order valence-corrected chi connectivity index (χ4v) is 3.39. The van der Waals surface area contributed by atoms with Gasteiger partial charge in [-0.15, -0.1) is 11.3 Å². The Kier molecular flexibility index (Phi) is 6.70. The molecule has 2 amide bonds. The molecule has 0 atom stereocenters. The Bertz CT molecular complexity index is 989. The van der Waals surface area contributed by atoms with E-state index in [0.717, 1.165) is 0 Å². The molecule has 0 aliphatic heterocycles. The predicted molar refractivity (Wildman–Crippen MR) is 110 cm³/mol. The summed E-state index contributed by atoms with van der Waals surface area (Å²) in [6, 6.07) is 17.8. The molecular weight excluding hydrogens is 390 g/mol. The number of nitrogens with one attached hydrogen (secondary N) is 1. The highest BCUT2D eigenvalue weighted by atomic mass is 32.1. The van der Waals surface area contributed by atoms with E-state index in [4.69, 9.17) is 4.74 Å². The van der Waals surface area contributed by atoms with Gasteiger partial charge in [0, 0.05) is 17.9 Å². The first-order chi connectivity index (χ1) is 14.0. The summed E-state index contributed by atoms with van der Waals surface area (Å²) in [4.78, 5) is 41.8. The van der Waals surface area contributed by atoms with Gasteiger partial charge in [-0.3, -0.25) is 19.3 Å². The van der Waals surface area contributed by atoms with Gasteiger partial charge in [0.15, 0.2) is 5.13 Å². The van der Waals surface area contributed by atoms with Crippen molar-refractivity contribution in [2.75, 3.05) is 11.4 Å². The molecule has 0 aliphatic rings. The number of ether oxygens (including phenoxy) is 1. The lowest BCUT2D eigenvalue weighted by Gasteiger charge is -2.17. The number of carbonyl (C=O) groups excluding carboxylic acids is 3. The molecule has 29 heavy (non-hydrogen) atoms. The molecule has 3 rings (SSSR count). The molecule has 0 saturated carbocycles. The Balaban J connectivity index is 1.54. The second-order valence-corrected chi connectivity index (χ2v) is 6.86. The largest absolute Gasteiger partial charge is 0.458 e. The molecule has 0 aliphatic carbocycles. The van der Waals surface area contributed by atoms with Crippen LogP contribution in [-0.4, -0.2) is 29.3 Å². The van der Waals surface area contributed by atoms with Crippen molar-refractivity contribution in [3.8, 4) is 0 Å². The molecule has 0 radical (unpaired) electrons. The van der Waals surface area contributed by atoms with E-state index in [1.807, 2.05) is 30.3 Å². The molecule has 0 unspecified atom stereocenters. The van der Waals surface area contributed by atoms with Crippen molar-refractivity contribution in [2.24, 2.45) is 0 Å². The van der Waals surface area contributed by atoms with Gasteiger partial charge >= 0.3 is 5.97 Å². The molecule has 1 N–H and O–H groups in total. The number of benzene rings is 2. The Labute approximate surface area is 172 Å². The lowest BCUT2D eigenvalue weighted by Crippen LogP contribution is -2.30. The van der Waals surface area contributed by atoms with Crippen molar-refractivity contribution in [3.63, 3.8) is 0 Å². The summed E-state index contributed by atoms with van der Waals surface area (Å²) in [5.41, 5.74) is 1.70. The summed E-state index contributed by atoms with van der Waals surface area (Å²) in [6.07, 6.45) is 0. The normalized spacial score (nSPS) is 10.2. The zero-order valence-electron chi connectivity index (χ0n) is 15.7. The minimum Gasteiger partial charge on any atom is -0.458 e. The first-order valence-electron chi connectivity index (χ1n) is 8.83. The number of nitrogens with zero attached hydrogens (tertiary/aromatic N) is 2. The first-order valence-corrected chi connectivity index (χ1v) is 9.71. The average Bonchev–Trinajstić information content (AvgIpc) is 3.20. The van der Waals surface area contributed by atoms with E-state index >= 15 is 0 Å². The fourth-order valence-electron chi connectivity index (χ4n) is 2.52. The van der Waals surface area contributed by atoms with E-state index in [0.29, 0.717) is 22.1 Å². The highest BCUT2D eigenvalue weighted by Crippen LogP contribution is 2.28. The summed E-state index contributed by atoms with van der Waals surface area (Å²) in [5.74, 6) is -1.09. The fraction of sp³-hybridized carbons (Fsp3) is 0.143. The monoisotopic (exact) mass is 409 g/mol. The molecule has 0 bridgehead atoms. The molecule has 0 spiro atoms. The first kappa shape index (κ1) is 20.2. The number of carbonyl (C=O) groups is 3. The van der Waals surface area contributed by atoms with Gasteiger partial charge in [-0.1, -0.05) is 36.4 Å². The van der Waals surface area contributed by atoms with Crippen LogP contribution in [0.5, 0.6) is 0 Å². The second-order valence-electron chi connectivity index (χ2n) is 6.02. The van der Waals surface area contributed by atoms with Crippen LogP contribution in [-0.2, 0) is 20.9 Å². The van der Waals surface area contributed by atoms with Gasteiger partial charge < -0.3 is 10.1 Å². The van der Waals surface area contributed by atoms with Crippen LogP contribution < -0.4 is 10.2 Å². The number of amides is 2. The molecule has 2 aromatic carbocycles. The van der Waals surface area contributed by atoms with Gasteiger partial charge in [-0.05, 0) is 24.3 Å². The number of aromatic nitrogens is 1. The van der Waals surface area contributed by atoms with Gasteiger partial charge in [0.05, 0.1) is 11.4 Å². The maximum Gasteiger partial charge on any atom is 0.325 e. The number of hydrogen-bond donors (Lipinski definition) is 1. The van der Waals surface area contributed by atoms with E-state index in [-0.39, 0.29) is 25.0 Å². The third-order valence-electron chi connectivity index (χ3n) is 3.87. The summed E-state index contributed by atoms with van der Waals surface area (Å²) in [6.45, 7) is 1.18. The van der Waals surface area contributed by atoms with Crippen LogP contribution in [0, 0.1) is 0 Å². The van der Waals surface area contributed by atoms with Gasteiger partial charge in [0.25, 0.3) is 5.91 Å². The number of rotatable bonds is 7. The highest BCUT2D eigenvalue weighted by Gasteiger charge is 2.18. The van der Waals surface area contributed by atoms with E-state index < -0.39 is 5.97 Å². The topological polar surface area (TPSA) is 88.6 Å². The molecule has 7 nitrogen and oxygen atoms in total. The van der Waals surface area contributed by atoms with Crippen LogP contribution in [0.25, 0.3) is 0 Å². The third kappa shape index (κ3) is 5.49. The Morgan fingerprint density at radius 1 is 1.03 bits per heavy atom. The van der Waals surface area contributed by atoms with Crippen LogP contribution >= 0.6 is 11.3 Å². The Morgan fingerprint density at radius 3 is 2.34 bits per heavy atom. The van der Waals surface area contributed by atoms with E-state index in [1.165, 1.54) is 23.2 Å². The molecule has 1 heterocycles. The van der Waals surface area contributed by atoms with Crippen LogP contribution in [0.3, 0.4) is 0 Å². The standard InChI is InChI=1S/C21H19N3O4S/c1-15(25)24(18-10-6-3-7-11-18)21-23-17(14-29-21)13-28-19(26)12-22-20(27)16-8-4-2-5-9-16/h2-11,14H,12-13H2,1H3,(H,22,27). The average molecular weight is 409 g/mol. The maximum absolute atomic E-state index is 12.1. The van der Waals surface area contributed by atoms with Gasteiger partial charge in [0.2, 0.25) is 5.91 Å². The van der Waals surface area contributed by atoms with Crippen LogP contribution in [0.15, 0.2) is 66.0 Å². The molecule has 148 valence electrons. The van der Waals surface area contributed by atoms with Crippen LogP contribution in [0.2, 0.25) is 0 Å². The summed E-state index contributed by atoms with van der Waals surface area (Å²) in [7, 11) is 0. The zero-order valence-corrected chi connectivity index (χ0v) is 16.5. The molecular formula is C21H19N3O4S.